The Morgan fingerprint density at radius 2 is 1.55 bits per heavy atom. The fourth-order valence-corrected chi connectivity index (χ4v) is 3.64. The molecule has 0 bridgehead atoms. The Hall–Kier alpha value is -3.06. The van der Waals surface area contributed by atoms with Crippen molar-refractivity contribution in [3.05, 3.63) is 59.7 Å². The van der Waals surface area contributed by atoms with Gasteiger partial charge in [0.25, 0.3) is 5.91 Å². The summed E-state index contributed by atoms with van der Waals surface area (Å²) in [5, 5.41) is 2.96. The van der Waals surface area contributed by atoms with Gasteiger partial charge >= 0.3 is 0 Å². The van der Waals surface area contributed by atoms with E-state index in [2.05, 4.69) is 17.1 Å². The van der Waals surface area contributed by atoms with E-state index in [1.165, 1.54) is 0 Å². The van der Waals surface area contributed by atoms with E-state index in [1.807, 2.05) is 48.2 Å². The van der Waals surface area contributed by atoms with Crippen LogP contribution in [0.3, 0.4) is 0 Å². The van der Waals surface area contributed by atoms with Crippen LogP contribution in [0.25, 0.3) is 0 Å². The van der Waals surface area contributed by atoms with Crippen LogP contribution >= 0.6 is 0 Å². The van der Waals surface area contributed by atoms with Gasteiger partial charge in [-0.3, -0.25) is 14.5 Å². The van der Waals surface area contributed by atoms with Crippen molar-refractivity contribution >= 4 is 11.8 Å². The summed E-state index contributed by atoms with van der Waals surface area (Å²) < 4.78 is 11.6. The summed E-state index contributed by atoms with van der Waals surface area (Å²) in [4.78, 5) is 29.3. The van der Waals surface area contributed by atoms with E-state index in [-0.39, 0.29) is 11.8 Å². The van der Waals surface area contributed by atoms with E-state index < -0.39 is 0 Å². The van der Waals surface area contributed by atoms with Crippen molar-refractivity contribution in [2.75, 3.05) is 45.9 Å². The predicted octanol–water partition coefficient (Wildman–Crippen LogP) is 3.34. The molecular formula is C26H35N3O4. The molecule has 1 saturated heterocycles. The third kappa shape index (κ3) is 7.49. The summed E-state index contributed by atoms with van der Waals surface area (Å²) in [6.45, 7) is 8.66. The molecule has 33 heavy (non-hydrogen) atoms. The fraction of sp³-hybridized carbons (Fsp3) is 0.462. The monoisotopic (exact) mass is 453 g/mol. The first-order chi connectivity index (χ1) is 16.1. The molecule has 2 amide bonds. The number of amides is 2. The van der Waals surface area contributed by atoms with Gasteiger partial charge in [-0.2, -0.15) is 0 Å². The zero-order valence-electron chi connectivity index (χ0n) is 19.7. The van der Waals surface area contributed by atoms with Crippen LogP contribution in [0.2, 0.25) is 0 Å². The number of nitrogens with one attached hydrogen (secondary N) is 1. The molecule has 178 valence electrons. The largest absolute Gasteiger partial charge is 0.490 e. The van der Waals surface area contributed by atoms with Gasteiger partial charge in [-0.25, -0.2) is 0 Å². The predicted molar refractivity (Wildman–Crippen MR) is 129 cm³/mol. The number of carbonyl (C=O) groups excluding carboxylic acids is 2. The lowest BCUT2D eigenvalue weighted by atomic mass is 10.1. The first-order valence-electron chi connectivity index (χ1n) is 11.8. The molecule has 3 rings (SSSR count). The second kappa shape index (κ2) is 12.8. The number of nitrogens with zero attached hydrogens (tertiary/aromatic N) is 2. The third-order valence-electron chi connectivity index (χ3n) is 5.47. The second-order valence-corrected chi connectivity index (χ2v) is 8.19. The maximum atomic E-state index is 13.1. The van der Waals surface area contributed by atoms with E-state index in [0.717, 1.165) is 18.4 Å². The van der Waals surface area contributed by atoms with Gasteiger partial charge in [-0.15, -0.1) is 0 Å². The topological polar surface area (TPSA) is 71.1 Å². The van der Waals surface area contributed by atoms with Crippen LogP contribution < -0.4 is 14.8 Å². The number of benzene rings is 2. The molecule has 0 radical (unpaired) electrons. The van der Waals surface area contributed by atoms with E-state index in [1.54, 1.807) is 12.1 Å². The van der Waals surface area contributed by atoms with Crippen LogP contribution in [0, 0.1) is 0 Å². The molecule has 2 aromatic rings. The van der Waals surface area contributed by atoms with Gasteiger partial charge in [-0.1, -0.05) is 44.2 Å². The van der Waals surface area contributed by atoms with Crippen molar-refractivity contribution < 1.29 is 19.1 Å². The number of hydrogen-bond donors (Lipinski definition) is 1. The number of ether oxygens (including phenoxy) is 2. The van der Waals surface area contributed by atoms with Crippen molar-refractivity contribution in [3.63, 3.8) is 0 Å². The molecule has 1 N–H and O–H groups in total. The summed E-state index contributed by atoms with van der Waals surface area (Å²) in [5.41, 5.74) is 1.67. The van der Waals surface area contributed by atoms with Gasteiger partial charge in [0, 0.05) is 38.3 Å². The Labute approximate surface area is 196 Å². The normalized spacial score (nSPS) is 14.1. The molecule has 0 unspecified atom stereocenters. The molecule has 0 atom stereocenters. The minimum atomic E-state index is -0.0217. The average molecular weight is 454 g/mol. The van der Waals surface area contributed by atoms with Crippen LogP contribution in [0.15, 0.2) is 48.5 Å². The van der Waals surface area contributed by atoms with Gasteiger partial charge in [0.05, 0.1) is 19.8 Å². The summed E-state index contributed by atoms with van der Waals surface area (Å²) in [5.74, 6) is 1.27. The number of carbonyl (C=O) groups is 2. The number of rotatable bonds is 11. The zero-order chi connectivity index (χ0) is 23.5. The molecule has 0 aromatic heterocycles. The Kier molecular flexibility index (Phi) is 9.57. The summed E-state index contributed by atoms with van der Waals surface area (Å²) in [6, 6.07) is 15.3. The van der Waals surface area contributed by atoms with Crippen molar-refractivity contribution in [1.29, 1.82) is 0 Å². The summed E-state index contributed by atoms with van der Waals surface area (Å²) in [6.07, 6.45) is 1.79. The van der Waals surface area contributed by atoms with Gasteiger partial charge in [0.1, 0.15) is 0 Å². The van der Waals surface area contributed by atoms with Gasteiger partial charge < -0.3 is 19.7 Å². The minimum absolute atomic E-state index is 0.000914. The molecule has 1 heterocycles. The Morgan fingerprint density at radius 1 is 0.879 bits per heavy atom. The molecular weight excluding hydrogens is 418 g/mol. The maximum Gasteiger partial charge on any atom is 0.254 e. The minimum Gasteiger partial charge on any atom is -0.490 e. The van der Waals surface area contributed by atoms with Crippen molar-refractivity contribution in [2.24, 2.45) is 0 Å². The highest BCUT2D eigenvalue weighted by molar-refractivity contribution is 5.95. The smallest absolute Gasteiger partial charge is 0.254 e. The van der Waals surface area contributed by atoms with Gasteiger partial charge in [0.2, 0.25) is 5.91 Å². The van der Waals surface area contributed by atoms with Crippen molar-refractivity contribution in [2.45, 2.75) is 33.2 Å². The van der Waals surface area contributed by atoms with E-state index in [4.69, 9.17) is 9.47 Å². The molecule has 7 nitrogen and oxygen atoms in total. The Bertz CT molecular complexity index is 896. The highest BCUT2D eigenvalue weighted by Crippen LogP contribution is 2.29. The van der Waals surface area contributed by atoms with Crippen LogP contribution in [0.4, 0.5) is 0 Å². The number of hydrogen-bond acceptors (Lipinski definition) is 5. The summed E-state index contributed by atoms with van der Waals surface area (Å²) >= 11 is 0. The molecule has 2 aromatic carbocycles. The highest BCUT2D eigenvalue weighted by atomic mass is 16.5. The van der Waals surface area contributed by atoms with Crippen LogP contribution in [-0.2, 0) is 11.3 Å². The fourth-order valence-electron chi connectivity index (χ4n) is 3.64. The summed E-state index contributed by atoms with van der Waals surface area (Å²) in [7, 11) is 0. The standard InChI is InChI=1S/C26H35N3O4/c1-3-16-32-23-11-10-22(18-24(23)33-17-4-2)26(31)29-14-12-28(13-15-29)20-25(30)27-19-21-8-6-5-7-9-21/h5-11,18H,3-4,12-17,19-20H2,1-2H3,(H,27,30). The first kappa shape index (κ1) is 24.6. The second-order valence-electron chi connectivity index (χ2n) is 8.19. The molecule has 1 aliphatic heterocycles. The first-order valence-corrected chi connectivity index (χ1v) is 11.8. The average Bonchev–Trinajstić information content (AvgIpc) is 2.86. The molecule has 0 spiro atoms. The number of piperazine rings is 1. The Balaban J connectivity index is 1.50. The Morgan fingerprint density at radius 3 is 2.21 bits per heavy atom. The lowest BCUT2D eigenvalue weighted by Gasteiger charge is -2.34. The van der Waals surface area contributed by atoms with Crippen molar-refractivity contribution in [1.82, 2.24) is 15.1 Å². The van der Waals surface area contributed by atoms with Gasteiger partial charge in [0.15, 0.2) is 11.5 Å². The lowest BCUT2D eigenvalue weighted by Crippen LogP contribution is -2.51. The maximum absolute atomic E-state index is 13.1. The molecule has 0 saturated carbocycles. The molecule has 7 heteroatoms. The quantitative estimate of drug-likeness (QED) is 0.565. The van der Waals surface area contributed by atoms with Gasteiger partial charge in [-0.05, 0) is 36.6 Å². The SMILES string of the molecule is CCCOc1ccc(C(=O)N2CCN(CC(=O)NCc3ccccc3)CC2)cc1OCCC. The zero-order valence-corrected chi connectivity index (χ0v) is 19.7. The lowest BCUT2D eigenvalue weighted by molar-refractivity contribution is -0.122. The van der Waals surface area contributed by atoms with Crippen LogP contribution in [-0.4, -0.2) is 67.6 Å². The molecule has 0 aliphatic carbocycles. The third-order valence-corrected chi connectivity index (χ3v) is 5.47. The van der Waals surface area contributed by atoms with Crippen LogP contribution in [0.5, 0.6) is 11.5 Å². The molecule has 1 aliphatic rings. The molecule has 1 fully saturated rings. The van der Waals surface area contributed by atoms with E-state index >= 15 is 0 Å². The van der Waals surface area contributed by atoms with Crippen LogP contribution in [0.1, 0.15) is 42.6 Å². The van der Waals surface area contributed by atoms with Crippen molar-refractivity contribution in [3.8, 4) is 11.5 Å². The van der Waals surface area contributed by atoms with E-state index in [9.17, 15) is 9.59 Å². The highest BCUT2D eigenvalue weighted by Gasteiger charge is 2.24. The van der Waals surface area contributed by atoms with E-state index in [0.29, 0.717) is 69.5 Å².